The van der Waals surface area contributed by atoms with Crippen molar-refractivity contribution in [3.63, 3.8) is 0 Å². The molecule has 4 atom stereocenters. The molecule has 1 saturated carbocycles. The third-order valence-corrected chi connectivity index (χ3v) is 5.53. The summed E-state index contributed by atoms with van der Waals surface area (Å²) in [6.07, 6.45) is 8.31. The fourth-order valence-electron chi connectivity index (χ4n) is 4.23. The average Bonchev–Trinajstić information content (AvgIpc) is 2.49. The predicted octanol–water partition coefficient (Wildman–Crippen LogP) is 2.31. The Morgan fingerprint density at radius 3 is 2.80 bits per heavy atom. The maximum Gasteiger partial charge on any atom is 0.0975 e. The molecule has 0 radical (unpaired) electrons. The smallest absolute Gasteiger partial charge is 0.0975 e. The minimum absolute atomic E-state index is 0.314. The van der Waals surface area contributed by atoms with Crippen molar-refractivity contribution >= 4 is 11.5 Å². The Morgan fingerprint density at radius 2 is 2.00 bits per heavy atom. The largest absolute Gasteiger partial charge is 0.348 e. The Labute approximate surface area is 122 Å². The van der Waals surface area contributed by atoms with Gasteiger partial charge in [-0.2, -0.15) is 0 Å². The second-order valence-electron chi connectivity index (χ2n) is 6.59. The van der Waals surface area contributed by atoms with Crippen molar-refractivity contribution in [1.29, 1.82) is 0 Å². The van der Waals surface area contributed by atoms with Gasteiger partial charge in [0.05, 0.1) is 18.0 Å². The normalized spacial score (nSPS) is 38.0. The first-order valence-electron chi connectivity index (χ1n) is 8.19. The fraction of sp³-hybridized carbons (Fsp3) is 0.875. The number of nitrogens with zero attached hydrogens (tertiary/aromatic N) is 3. The molecule has 0 aromatic heterocycles. The van der Waals surface area contributed by atoms with Gasteiger partial charge in [-0.25, -0.2) is 0 Å². The van der Waals surface area contributed by atoms with Crippen LogP contribution in [0.25, 0.3) is 0 Å². The lowest BCUT2D eigenvalue weighted by atomic mass is 9.71. The lowest BCUT2D eigenvalue weighted by Gasteiger charge is -2.41. The zero-order valence-electron chi connectivity index (χ0n) is 13.1. The maximum absolute atomic E-state index is 4.95. The second-order valence-corrected chi connectivity index (χ2v) is 6.59. The first-order valence-corrected chi connectivity index (χ1v) is 8.19. The van der Waals surface area contributed by atoms with Crippen LogP contribution in [0.4, 0.5) is 0 Å². The molecule has 0 aromatic carbocycles. The third kappa shape index (κ3) is 2.50. The van der Waals surface area contributed by atoms with Crippen LogP contribution < -0.4 is 5.32 Å². The van der Waals surface area contributed by atoms with Crippen LogP contribution in [0.2, 0.25) is 0 Å². The molecular weight excluding hydrogens is 248 g/mol. The zero-order valence-corrected chi connectivity index (χ0v) is 13.1. The van der Waals surface area contributed by atoms with Crippen LogP contribution in [0.3, 0.4) is 0 Å². The highest BCUT2D eigenvalue weighted by Gasteiger charge is 2.37. The summed E-state index contributed by atoms with van der Waals surface area (Å²) >= 11 is 0. The summed E-state index contributed by atoms with van der Waals surface area (Å²) in [5.41, 5.74) is 1.42. The lowest BCUT2D eigenvalue weighted by Crippen LogP contribution is -2.52. The number of hydrogen-bond donors (Lipinski definition) is 1. The molecular formula is C16H28N4. The van der Waals surface area contributed by atoms with Crippen LogP contribution in [0, 0.1) is 11.8 Å². The van der Waals surface area contributed by atoms with Gasteiger partial charge in [0.15, 0.2) is 0 Å². The SMILES string of the molecule is CNC1CC(C2=NCCC3CCCCC23)N=C(C)N1C. The molecule has 0 saturated heterocycles. The molecule has 0 amide bonds. The van der Waals surface area contributed by atoms with Crippen LogP contribution in [0.5, 0.6) is 0 Å². The van der Waals surface area contributed by atoms with Gasteiger partial charge >= 0.3 is 0 Å². The van der Waals surface area contributed by atoms with Crippen molar-refractivity contribution < 1.29 is 0 Å². The number of hydrogen-bond acceptors (Lipinski definition) is 4. The van der Waals surface area contributed by atoms with Crippen LogP contribution in [0.1, 0.15) is 45.4 Å². The maximum atomic E-state index is 4.95. The van der Waals surface area contributed by atoms with Crippen molar-refractivity contribution in [2.75, 3.05) is 20.6 Å². The van der Waals surface area contributed by atoms with E-state index in [1.54, 1.807) is 0 Å². The van der Waals surface area contributed by atoms with Gasteiger partial charge in [-0.15, -0.1) is 0 Å². The number of fused-ring (bicyclic) bond motifs is 1. The van der Waals surface area contributed by atoms with Gasteiger partial charge in [0.25, 0.3) is 0 Å². The quantitative estimate of drug-likeness (QED) is 0.840. The Bertz CT molecular complexity index is 415. The summed E-state index contributed by atoms with van der Waals surface area (Å²) in [5, 5.41) is 3.42. The standard InChI is InChI=1S/C16H28N4/c1-11-19-14(10-15(17-2)20(11)3)16-13-7-5-4-6-12(13)8-9-18-16/h12-15,17H,4-10H2,1-3H3. The van der Waals surface area contributed by atoms with Gasteiger partial charge in [0.1, 0.15) is 0 Å². The van der Waals surface area contributed by atoms with Crippen molar-refractivity contribution in [1.82, 2.24) is 10.2 Å². The van der Waals surface area contributed by atoms with E-state index in [0.29, 0.717) is 12.2 Å². The summed E-state index contributed by atoms with van der Waals surface area (Å²) in [6.45, 7) is 3.15. The summed E-state index contributed by atoms with van der Waals surface area (Å²) in [7, 11) is 4.17. The predicted molar refractivity (Wildman–Crippen MR) is 84.5 cm³/mol. The molecule has 4 heteroatoms. The van der Waals surface area contributed by atoms with Gasteiger partial charge < -0.3 is 10.2 Å². The van der Waals surface area contributed by atoms with Crippen molar-refractivity contribution in [3.05, 3.63) is 0 Å². The van der Waals surface area contributed by atoms with Gasteiger partial charge in [0, 0.05) is 31.6 Å². The molecule has 3 aliphatic rings. The van der Waals surface area contributed by atoms with Crippen LogP contribution >= 0.6 is 0 Å². The Morgan fingerprint density at radius 1 is 1.20 bits per heavy atom. The van der Waals surface area contributed by atoms with E-state index in [1.165, 1.54) is 37.8 Å². The molecule has 0 bridgehead atoms. The van der Waals surface area contributed by atoms with E-state index >= 15 is 0 Å². The van der Waals surface area contributed by atoms with E-state index in [4.69, 9.17) is 9.98 Å². The molecule has 20 heavy (non-hydrogen) atoms. The number of rotatable bonds is 2. The van der Waals surface area contributed by atoms with E-state index in [0.717, 1.165) is 30.6 Å². The Hall–Kier alpha value is -0.900. The summed E-state index contributed by atoms with van der Waals surface area (Å²) in [4.78, 5) is 12.1. The topological polar surface area (TPSA) is 40.0 Å². The lowest BCUT2D eigenvalue weighted by molar-refractivity contribution is 0.253. The van der Waals surface area contributed by atoms with E-state index in [-0.39, 0.29) is 0 Å². The minimum Gasteiger partial charge on any atom is -0.348 e. The molecule has 0 aromatic rings. The molecule has 3 rings (SSSR count). The van der Waals surface area contributed by atoms with Gasteiger partial charge in [-0.1, -0.05) is 12.8 Å². The van der Waals surface area contributed by atoms with Gasteiger partial charge in [-0.05, 0) is 39.2 Å². The molecule has 112 valence electrons. The van der Waals surface area contributed by atoms with E-state index < -0.39 is 0 Å². The molecule has 1 N–H and O–H groups in total. The molecule has 4 nitrogen and oxygen atoms in total. The fourth-order valence-corrected chi connectivity index (χ4v) is 4.23. The molecule has 2 heterocycles. The third-order valence-electron chi connectivity index (χ3n) is 5.53. The van der Waals surface area contributed by atoms with E-state index in [1.807, 2.05) is 7.05 Å². The Kier molecular flexibility index (Phi) is 4.11. The zero-order chi connectivity index (χ0) is 14.1. The number of aliphatic imine (C=N–C) groups is 2. The number of amidine groups is 1. The van der Waals surface area contributed by atoms with Crippen LogP contribution in [-0.2, 0) is 0 Å². The molecule has 4 unspecified atom stereocenters. The van der Waals surface area contributed by atoms with Crippen molar-refractivity contribution in [2.24, 2.45) is 21.8 Å². The van der Waals surface area contributed by atoms with Gasteiger partial charge in [-0.3, -0.25) is 9.98 Å². The summed E-state index contributed by atoms with van der Waals surface area (Å²) in [6, 6.07) is 0.314. The van der Waals surface area contributed by atoms with E-state index in [2.05, 4.69) is 24.2 Å². The molecule has 1 fully saturated rings. The molecule has 2 aliphatic heterocycles. The molecule has 1 aliphatic carbocycles. The van der Waals surface area contributed by atoms with E-state index in [9.17, 15) is 0 Å². The molecule has 0 spiro atoms. The summed E-state index contributed by atoms with van der Waals surface area (Å²) in [5.74, 6) is 2.75. The minimum atomic E-state index is 0.314. The first kappa shape index (κ1) is 14.1. The first-order chi connectivity index (χ1) is 9.70. The second kappa shape index (κ2) is 5.84. The highest BCUT2D eigenvalue weighted by Crippen LogP contribution is 2.38. The van der Waals surface area contributed by atoms with Crippen molar-refractivity contribution in [2.45, 2.75) is 57.7 Å². The van der Waals surface area contributed by atoms with Crippen LogP contribution in [0.15, 0.2) is 9.98 Å². The Balaban J connectivity index is 1.82. The van der Waals surface area contributed by atoms with Crippen LogP contribution in [-0.4, -0.2) is 49.3 Å². The monoisotopic (exact) mass is 276 g/mol. The highest BCUT2D eigenvalue weighted by molar-refractivity contribution is 5.95. The average molecular weight is 276 g/mol. The van der Waals surface area contributed by atoms with Crippen molar-refractivity contribution in [3.8, 4) is 0 Å². The number of nitrogens with one attached hydrogen (secondary N) is 1. The van der Waals surface area contributed by atoms with Gasteiger partial charge in [0.2, 0.25) is 0 Å². The highest BCUT2D eigenvalue weighted by atomic mass is 15.3. The summed E-state index contributed by atoms with van der Waals surface area (Å²) < 4.78 is 0.